The first kappa shape index (κ1) is 15.5. The largest absolute Gasteiger partial charge is 0.416 e. The third kappa shape index (κ3) is 3.59. The van der Waals surface area contributed by atoms with Crippen molar-refractivity contribution in [3.05, 3.63) is 11.8 Å². The molecule has 2 nitrogen and oxygen atoms in total. The summed E-state index contributed by atoms with van der Waals surface area (Å²) in [5.41, 5.74) is 0.572. The van der Waals surface area contributed by atoms with E-state index in [1.165, 1.54) is 4.90 Å². The molecule has 0 aromatic rings. The van der Waals surface area contributed by atoms with Gasteiger partial charge in [0.1, 0.15) is 0 Å². The number of alkyl halides is 6. The van der Waals surface area contributed by atoms with Crippen molar-refractivity contribution in [3.8, 4) is 0 Å². The minimum Gasteiger partial charge on any atom is -0.369 e. The van der Waals surface area contributed by atoms with Crippen LogP contribution in [0.3, 0.4) is 0 Å². The van der Waals surface area contributed by atoms with Gasteiger partial charge < -0.3 is 9.64 Å². The van der Waals surface area contributed by atoms with Crippen molar-refractivity contribution < 1.29 is 31.1 Å². The molecule has 0 aromatic carbocycles. The van der Waals surface area contributed by atoms with Crippen LogP contribution in [-0.4, -0.2) is 42.5 Å². The van der Waals surface area contributed by atoms with Crippen molar-refractivity contribution in [2.24, 2.45) is 0 Å². The summed E-state index contributed by atoms with van der Waals surface area (Å²) in [6.07, 6.45) is -9.73. The third-order valence-corrected chi connectivity index (χ3v) is 3.50. The molecule has 116 valence electrons. The molecule has 2 aliphatic rings. The van der Waals surface area contributed by atoms with Crippen LogP contribution < -0.4 is 0 Å². The van der Waals surface area contributed by atoms with Crippen LogP contribution >= 0.6 is 0 Å². The van der Waals surface area contributed by atoms with Crippen LogP contribution in [0.2, 0.25) is 0 Å². The molecule has 0 aromatic heterocycles. The highest BCUT2D eigenvalue weighted by molar-refractivity contribution is 5.07. The maximum Gasteiger partial charge on any atom is 0.416 e. The second-order valence-corrected chi connectivity index (χ2v) is 5.04. The molecule has 1 aliphatic carbocycles. The van der Waals surface area contributed by atoms with Crippen molar-refractivity contribution in [1.82, 2.24) is 4.90 Å². The summed E-state index contributed by atoms with van der Waals surface area (Å²) >= 11 is 0. The quantitative estimate of drug-likeness (QED) is 0.686. The molecule has 1 saturated heterocycles. The molecule has 2 atom stereocenters. The summed E-state index contributed by atoms with van der Waals surface area (Å²) in [7, 11) is 0. The van der Waals surface area contributed by atoms with E-state index in [4.69, 9.17) is 0 Å². The lowest BCUT2D eigenvalue weighted by atomic mass is 10.0. The summed E-state index contributed by atoms with van der Waals surface area (Å²) in [5.74, 6) is 0. The van der Waals surface area contributed by atoms with Gasteiger partial charge >= 0.3 is 12.4 Å². The molecule has 0 radical (unpaired) electrons. The van der Waals surface area contributed by atoms with Gasteiger partial charge in [0, 0.05) is 5.70 Å². The lowest BCUT2D eigenvalue weighted by molar-refractivity contribution is -0.304. The molecule has 0 saturated carbocycles. The first-order valence-corrected chi connectivity index (χ1v) is 6.41. The lowest BCUT2D eigenvalue weighted by Gasteiger charge is -2.42. The van der Waals surface area contributed by atoms with E-state index in [9.17, 15) is 26.3 Å². The Hall–Kier alpha value is -0.920. The van der Waals surface area contributed by atoms with Crippen molar-refractivity contribution in [2.45, 2.75) is 50.2 Å². The van der Waals surface area contributed by atoms with Gasteiger partial charge in [0.2, 0.25) is 0 Å². The van der Waals surface area contributed by atoms with Gasteiger partial charge in [-0.3, -0.25) is 0 Å². The number of allylic oxidation sites excluding steroid dienone is 2. The molecule has 0 spiro atoms. The molecule has 8 heteroatoms. The van der Waals surface area contributed by atoms with Crippen LogP contribution in [0.1, 0.15) is 25.7 Å². The maximum absolute atomic E-state index is 12.7. The smallest absolute Gasteiger partial charge is 0.369 e. The molecule has 0 amide bonds. The molecule has 1 aliphatic heterocycles. The van der Waals surface area contributed by atoms with Crippen LogP contribution in [0.15, 0.2) is 11.8 Å². The second-order valence-electron chi connectivity index (χ2n) is 5.04. The predicted octanol–water partition coefficient (Wildman–Crippen LogP) is 3.64. The fourth-order valence-electron chi connectivity index (χ4n) is 2.46. The number of hydrogen-bond acceptors (Lipinski definition) is 2. The van der Waals surface area contributed by atoms with Crippen molar-refractivity contribution in [2.75, 3.05) is 13.1 Å². The van der Waals surface area contributed by atoms with Gasteiger partial charge in [0.05, 0.1) is 13.1 Å². The van der Waals surface area contributed by atoms with Gasteiger partial charge in [-0.05, 0) is 25.7 Å². The summed E-state index contributed by atoms with van der Waals surface area (Å²) < 4.78 is 80.4. The Morgan fingerprint density at radius 3 is 1.90 bits per heavy atom. The number of hydrogen-bond donors (Lipinski definition) is 0. The van der Waals surface area contributed by atoms with Gasteiger partial charge in [-0.2, -0.15) is 26.3 Å². The number of ether oxygens (including phenoxy) is 1. The Morgan fingerprint density at radius 1 is 0.950 bits per heavy atom. The first-order chi connectivity index (χ1) is 9.18. The summed E-state index contributed by atoms with van der Waals surface area (Å²) in [6.45, 7) is -1.14. The van der Waals surface area contributed by atoms with Gasteiger partial charge in [0.25, 0.3) is 0 Å². The zero-order valence-corrected chi connectivity index (χ0v) is 10.6. The molecular weight excluding hydrogens is 288 g/mol. The SMILES string of the molecule is FC(F)(F)C1CN(C2=CCCCC2)CC(C(F)(F)F)O1. The Labute approximate surface area is 112 Å². The third-order valence-electron chi connectivity index (χ3n) is 3.50. The van der Waals surface area contributed by atoms with Crippen LogP contribution in [0.5, 0.6) is 0 Å². The zero-order chi connectivity index (χ0) is 15.0. The van der Waals surface area contributed by atoms with E-state index in [-0.39, 0.29) is 0 Å². The zero-order valence-electron chi connectivity index (χ0n) is 10.6. The highest BCUT2D eigenvalue weighted by atomic mass is 19.4. The molecular formula is C12H15F6NO. The molecule has 2 rings (SSSR count). The Bertz CT molecular complexity index is 353. The predicted molar refractivity (Wildman–Crippen MR) is 58.9 cm³/mol. The summed E-state index contributed by atoms with van der Waals surface area (Å²) in [4.78, 5) is 1.18. The van der Waals surface area contributed by atoms with Crippen molar-refractivity contribution >= 4 is 0 Å². The van der Waals surface area contributed by atoms with Crippen LogP contribution in [-0.2, 0) is 4.74 Å². The van der Waals surface area contributed by atoms with Crippen LogP contribution in [0.4, 0.5) is 26.3 Å². The molecule has 0 N–H and O–H groups in total. The Kier molecular flexibility index (Phi) is 4.22. The Morgan fingerprint density at radius 2 is 1.50 bits per heavy atom. The molecule has 2 unspecified atom stereocenters. The highest BCUT2D eigenvalue weighted by Crippen LogP contribution is 2.36. The minimum atomic E-state index is -4.79. The lowest BCUT2D eigenvalue weighted by Crippen LogP contribution is -2.56. The van der Waals surface area contributed by atoms with Crippen LogP contribution in [0.25, 0.3) is 0 Å². The molecule has 1 heterocycles. The number of morpholine rings is 1. The topological polar surface area (TPSA) is 12.5 Å². The monoisotopic (exact) mass is 303 g/mol. The molecule has 20 heavy (non-hydrogen) atoms. The van der Waals surface area contributed by atoms with Gasteiger partial charge in [0.15, 0.2) is 12.2 Å². The van der Waals surface area contributed by atoms with Gasteiger partial charge in [-0.15, -0.1) is 0 Å². The fourth-order valence-corrected chi connectivity index (χ4v) is 2.46. The van der Waals surface area contributed by atoms with Crippen molar-refractivity contribution in [1.29, 1.82) is 0 Å². The standard InChI is InChI=1S/C12H15F6NO/c13-11(14,15)9-6-19(8-4-2-1-3-5-8)7-10(20-9)12(16,17)18/h4,9-10H,1-3,5-7H2. The van der Waals surface area contributed by atoms with Crippen LogP contribution in [0, 0.1) is 0 Å². The van der Waals surface area contributed by atoms with E-state index in [1.54, 1.807) is 6.08 Å². The van der Waals surface area contributed by atoms with E-state index >= 15 is 0 Å². The molecule has 1 fully saturated rings. The maximum atomic E-state index is 12.7. The average Bonchev–Trinajstić information content (AvgIpc) is 2.37. The van der Waals surface area contributed by atoms with E-state index in [0.29, 0.717) is 18.5 Å². The van der Waals surface area contributed by atoms with Gasteiger partial charge in [-0.1, -0.05) is 6.08 Å². The number of rotatable bonds is 1. The Balaban J connectivity index is 2.17. The van der Waals surface area contributed by atoms with Gasteiger partial charge in [-0.25, -0.2) is 0 Å². The normalized spacial score (nSPS) is 29.3. The van der Waals surface area contributed by atoms with Crippen molar-refractivity contribution in [3.63, 3.8) is 0 Å². The number of nitrogens with zero attached hydrogens (tertiary/aromatic N) is 1. The van der Waals surface area contributed by atoms with E-state index in [0.717, 1.165) is 12.8 Å². The van der Waals surface area contributed by atoms with E-state index in [1.807, 2.05) is 0 Å². The first-order valence-electron chi connectivity index (χ1n) is 6.41. The van der Waals surface area contributed by atoms with E-state index in [2.05, 4.69) is 4.74 Å². The fraction of sp³-hybridized carbons (Fsp3) is 0.833. The average molecular weight is 303 g/mol. The number of halogens is 6. The minimum absolute atomic E-state index is 0.523. The van der Waals surface area contributed by atoms with E-state index < -0.39 is 37.7 Å². The highest BCUT2D eigenvalue weighted by Gasteiger charge is 2.53. The summed E-state index contributed by atoms with van der Waals surface area (Å²) in [5, 5.41) is 0. The summed E-state index contributed by atoms with van der Waals surface area (Å²) in [6, 6.07) is 0. The molecule has 0 bridgehead atoms. The second kappa shape index (κ2) is 5.46.